The van der Waals surface area contributed by atoms with Crippen LogP contribution in [0.5, 0.6) is 5.75 Å². The van der Waals surface area contributed by atoms with Gasteiger partial charge in [0.2, 0.25) is 15.9 Å². The molecular formula is C21H32N2O7S. The topological polar surface area (TPSA) is 123 Å². The number of nitrogens with one attached hydrogen (secondary N) is 2. The van der Waals surface area contributed by atoms with Crippen molar-refractivity contribution in [3.63, 3.8) is 0 Å². The van der Waals surface area contributed by atoms with Crippen LogP contribution in [0.25, 0.3) is 0 Å². The van der Waals surface area contributed by atoms with Gasteiger partial charge in [0.25, 0.3) is 0 Å². The molecule has 2 fully saturated rings. The average molecular weight is 457 g/mol. The highest BCUT2D eigenvalue weighted by Crippen LogP contribution is 2.26. The second-order valence-corrected chi connectivity index (χ2v) is 9.58. The third-order valence-electron chi connectivity index (χ3n) is 5.82. The molecule has 2 heterocycles. The third kappa shape index (κ3) is 6.39. The lowest BCUT2D eigenvalue weighted by Crippen LogP contribution is -2.51. The summed E-state index contributed by atoms with van der Waals surface area (Å²) in [5.74, 6) is 0.297. The maximum atomic E-state index is 12.8. The van der Waals surface area contributed by atoms with E-state index in [0.29, 0.717) is 39.0 Å². The molecule has 10 heteroatoms. The minimum absolute atomic E-state index is 0.0000190. The van der Waals surface area contributed by atoms with E-state index < -0.39 is 22.2 Å². The van der Waals surface area contributed by atoms with Crippen LogP contribution in [0.1, 0.15) is 32.1 Å². The van der Waals surface area contributed by atoms with Crippen molar-refractivity contribution in [2.24, 2.45) is 5.92 Å². The average Bonchev–Trinajstić information content (AvgIpc) is 2.80. The zero-order chi connectivity index (χ0) is 22.3. The van der Waals surface area contributed by atoms with E-state index in [4.69, 9.17) is 14.2 Å². The van der Waals surface area contributed by atoms with E-state index in [2.05, 4.69) is 10.0 Å². The first-order valence-corrected chi connectivity index (χ1v) is 12.2. The van der Waals surface area contributed by atoms with E-state index in [0.717, 1.165) is 12.8 Å². The van der Waals surface area contributed by atoms with Gasteiger partial charge in [-0.15, -0.1) is 0 Å². The first kappa shape index (κ1) is 23.9. The molecule has 0 bridgehead atoms. The predicted molar refractivity (Wildman–Crippen MR) is 113 cm³/mol. The number of sulfonamides is 1. The molecule has 0 saturated carbocycles. The number of hydrogen-bond donors (Lipinski definition) is 3. The normalized spacial score (nSPS) is 25.2. The fourth-order valence-electron chi connectivity index (χ4n) is 4.04. The van der Waals surface area contributed by atoms with Crippen LogP contribution < -0.4 is 14.8 Å². The highest BCUT2D eigenvalue weighted by molar-refractivity contribution is 7.89. The van der Waals surface area contributed by atoms with Gasteiger partial charge in [0.15, 0.2) is 0 Å². The van der Waals surface area contributed by atoms with E-state index in [9.17, 15) is 18.3 Å². The van der Waals surface area contributed by atoms with E-state index in [1.165, 1.54) is 13.2 Å². The fraction of sp³-hybridized carbons (Fsp3) is 0.667. The summed E-state index contributed by atoms with van der Waals surface area (Å²) >= 11 is 0. The minimum Gasteiger partial charge on any atom is -0.495 e. The van der Waals surface area contributed by atoms with Crippen LogP contribution in [0.4, 0.5) is 0 Å². The van der Waals surface area contributed by atoms with Crippen LogP contribution in [0.2, 0.25) is 0 Å². The van der Waals surface area contributed by atoms with Crippen molar-refractivity contribution < 1.29 is 32.5 Å². The SMILES string of the molecule is COc1ccccc1S(=O)(=O)N[C@H]1CC[C@@H](CCNC(=O)C2CCOCC2)O[C@H]1CO. The highest BCUT2D eigenvalue weighted by atomic mass is 32.2. The molecule has 1 aromatic rings. The second-order valence-electron chi connectivity index (χ2n) is 7.90. The lowest BCUT2D eigenvalue weighted by Gasteiger charge is -2.36. The molecule has 1 aromatic carbocycles. The quantitative estimate of drug-likeness (QED) is 0.503. The Hall–Kier alpha value is -1.72. The summed E-state index contributed by atoms with van der Waals surface area (Å²) in [7, 11) is -2.42. The molecule has 3 N–H and O–H groups in total. The van der Waals surface area contributed by atoms with Crippen LogP contribution in [0, 0.1) is 5.92 Å². The van der Waals surface area contributed by atoms with Gasteiger partial charge in [-0.05, 0) is 44.2 Å². The van der Waals surface area contributed by atoms with Gasteiger partial charge >= 0.3 is 0 Å². The highest BCUT2D eigenvalue weighted by Gasteiger charge is 2.34. The number of hydrogen-bond acceptors (Lipinski definition) is 7. The number of rotatable bonds is 9. The Kier molecular flexibility index (Phi) is 8.67. The Labute approximate surface area is 183 Å². The van der Waals surface area contributed by atoms with Crippen molar-refractivity contribution in [3.8, 4) is 5.75 Å². The molecule has 0 aromatic heterocycles. The van der Waals surface area contributed by atoms with Crippen LogP contribution in [-0.2, 0) is 24.3 Å². The summed E-state index contributed by atoms with van der Waals surface area (Å²) in [4.78, 5) is 12.3. The van der Waals surface area contributed by atoms with Gasteiger partial charge in [-0.2, -0.15) is 0 Å². The van der Waals surface area contributed by atoms with Gasteiger partial charge in [-0.1, -0.05) is 12.1 Å². The molecule has 1 amide bonds. The van der Waals surface area contributed by atoms with Crippen molar-refractivity contribution in [3.05, 3.63) is 24.3 Å². The van der Waals surface area contributed by atoms with Crippen LogP contribution in [-0.4, -0.2) is 71.2 Å². The summed E-state index contributed by atoms with van der Waals surface area (Å²) in [6.45, 7) is 1.42. The maximum absolute atomic E-state index is 12.8. The second kappa shape index (κ2) is 11.2. The van der Waals surface area contributed by atoms with Crippen LogP contribution in [0.3, 0.4) is 0 Å². The van der Waals surface area contributed by atoms with Crippen LogP contribution in [0.15, 0.2) is 29.2 Å². The standard InChI is InChI=1S/C21H32N2O7S/c1-28-18-4-2-3-5-20(18)31(26,27)23-17-7-6-16(30-19(17)14-24)8-11-22-21(25)15-9-12-29-13-10-15/h2-5,15-17,19,23-24H,6-14H2,1H3,(H,22,25)/t16-,17-,19-/m0/s1. The number of methoxy groups -OCH3 is 1. The van der Waals surface area contributed by atoms with E-state index in [1.807, 2.05) is 0 Å². The van der Waals surface area contributed by atoms with Crippen molar-refractivity contribution in [2.75, 3.05) is 33.5 Å². The van der Waals surface area contributed by atoms with Gasteiger partial charge in [-0.25, -0.2) is 13.1 Å². The first-order valence-electron chi connectivity index (χ1n) is 10.7. The number of ether oxygens (including phenoxy) is 3. The molecule has 9 nitrogen and oxygen atoms in total. The Balaban J connectivity index is 1.50. The summed E-state index contributed by atoms with van der Waals surface area (Å²) in [5.41, 5.74) is 0. The van der Waals surface area contributed by atoms with E-state index in [1.54, 1.807) is 18.2 Å². The molecular weight excluding hydrogens is 424 g/mol. The van der Waals surface area contributed by atoms with Gasteiger partial charge in [-0.3, -0.25) is 4.79 Å². The third-order valence-corrected chi connectivity index (χ3v) is 7.35. The smallest absolute Gasteiger partial charge is 0.244 e. The van der Waals surface area contributed by atoms with Gasteiger partial charge in [0.05, 0.1) is 32.0 Å². The molecule has 0 unspecified atom stereocenters. The van der Waals surface area contributed by atoms with E-state index >= 15 is 0 Å². The van der Waals surface area contributed by atoms with Crippen LogP contribution >= 0.6 is 0 Å². The number of carbonyl (C=O) groups is 1. The fourth-order valence-corrected chi connectivity index (χ4v) is 5.51. The zero-order valence-corrected chi connectivity index (χ0v) is 18.6. The summed E-state index contributed by atoms with van der Waals surface area (Å²) < 4.78 is 44.7. The monoisotopic (exact) mass is 456 g/mol. The van der Waals surface area contributed by atoms with Gasteiger partial charge in [0.1, 0.15) is 10.6 Å². The number of carbonyl (C=O) groups excluding carboxylic acids is 1. The predicted octanol–water partition coefficient (Wildman–Crippen LogP) is 0.815. The number of para-hydroxylation sites is 1. The minimum atomic E-state index is -3.84. The molecule has 0 radical (unpaired) electrons. The number of aliphatic hydroxyl groups is 1. The number of aliphatic hydroxyl groups excluding tert-OH is 1. The molecule has 3 rings (SSSR count). The summed E-state index contributed by atoms with van der Waals surface area (Å²) in [5, 5.41) is 12.7. The Morgan fingerprint density at radius 3 is 2.65 bits per heavy atom. The largest absolute Gasteiger partial charge is 0.495 e. The maximum Gasteiger partial charge on any atom is 0.244 e. The zero-order valence-electron chi connectivity index (χ0n) is 17.8. The van der Waals surface area contributed by atoms with Crippen molar-refractivity contribution in [2.45, 2.75) is 55.2 Å². The molecule has 31 heavy (non-hydrogen) atoms. The Morgan fingerprint density at radius 2 is 1.94 bits per heavy atom. The molecule has 174 valence electrons. The summed E-state index contributed by atoms with van der Waals surface area (Å²) in [6.07, 6.45) is 2.44. The van der Waals surface area contributed by atoms with Crippen molar-refractivity contribution in [1.29, 1.82) is 0 Å². The lowest BCUT2D eigenvalue weighted by molar-refractivity contribution is -0.128. The van der Waals surface area contributed by atoms with E-state index in [-0.39, 0.29) is 35.2 Å². The molecule has 3 atom stereocenters. The molecule has 2 saturated heterocycles. The number of amides is 1. The molecule has 2 aliphatic rings. The van der Waals surface area contributed by atoms with Crippen molar-refractivity contribution >= 4 is 15.9 Å². The molecule has 0 spiro atoms. The lowest BCUT2D eigenvalue weighted by atomic mass is 9.97. The van der Waals surface area contributed by atoms with Gasteiger partial charge < -0.3 is 24.6 Å². The van der Waals surface area contributed by atoms with Gasteiger partial charge in [0, 0.05) is 25.7 Å². The molecule has 0 aliphatic carbocycles. The molecule has 2 aliphatic heterocycles. The summed E-state index contributed by atoms with van der Waals surface area (Å²) in [6, 6.07) is 5.84. The Bertz CT molecular complexity index is 827. The van der Waals surface area contributed by atoms with Crippen molar-refractivity contribution in [1.82, 2.24) is 10.0 Å². The Morgan fingerprint density at radius 1 is 1.19 bits per heavy atom. The number of benzene rings is 1. The first-order chi connectivity index (χ1) is 14.9.